The van der Waals surface area contributed by atoms with Crippen molar-refractivity contribution in [2.24, 2.45) is 7.05 Å². The van der Waals surface area contributed by atoms with Crippen molar-refractivity contribution in [1.82, 2.24) is 9.55 Å². The van der Waals surface area contributed by atoms with Crippen LogP contribution >= 0.6 is 0 Å². The van der Waals surface area contributed by atoms with Crippen molar-refractivity contribution in [2.75, 3.05) is 0 Å². The van der Waals surface area contributed by atoms with Gasteiger partial charge in [0.2, 0.25) is 0 Å². The summed E-state index contributed by atoms with van der Waals surface area (Å²) in [5, 5.41) is 8.88. The van der Waals surface area contributed by atoms with Gasteiger partial charge in [-0.05, 0) is 24.3 Å². The SMILES string of the molecule is Cn1c(C(=O)O)ccc1-c1ccccn1. The largest absolute Gasteiger partial charge is 0.477 e. The normalized spacial score (nSPS) is 10.2. The van der Waals surface area contributed by atoms with Crippen LogP contribution in [0.4, 0.5) is 0 Å². The van der Waals surface area contributed by atoms with Gasteiger partial charge in [0, 0.05) is 13.2 Å². The van der Waals surface area contributed by atoms with E-state index in [1.54, 1.807) is 29.9 Å². The Labute approximate surface area is 86.8 Å². The van der Waals surface area contributed by atoms with Gasteiger partial charge < -0.3 is 9.67 Å². The molecule has 0 radical (unpaired) electrons. The maximum atomic E-state index is 10.8. The number of pyridine rings is 1. The van der Waals surface area contributed by atoms with E-state index in [1.165, 1.54) is 0 Å². The average Bonchev–Trinajstić information content (AvgIpc) is 2.61. The second-order valence-corrected chi connectivity index (χ2v) is 3.18. The zero-order chi connectivity index (χ0) is 10.8. The van der Waals surface area contributed by atoms with E-state index >= 15 is 0 Å². The predicted octanol–water partition coefficient (Wildman–Crippen LogP) is 1.79. The molecule has 76 valence electrons. The van der Waals surface area contributed by atoms with Crippen LogP contribution in [-0.2, 0) is 7.05 Å². The van der Waals surface area contributed by atoms with Crippen molar-refractivity contribution in [2.45, 2.75) is 0 Å². The van der Waals surface area contributed by atoms with Gasteiger partial charge in [-0.3, -0.25) is 4.98 Å². The van der Waals surface area contributed by atoms with Crippen LogP contribution in [-0.4, -0.2) is 20.6 Å². The van der Waals surface area contributed by atoms with Crippen LogP contribution in [0.2, 0.25) is 0 Å². The van der Waals surface area contributed by atoms with Crippen molar-refractivity contribution in [3.63, 3.8) is 0 Å². The molecule has 0 fully saturated rings. The fourth-order valence-corrected chi connectivity index (χ4v) is 1.50. The molecule has 0 amide bonds. The first kappa shape index (κ1) is 9.45. The van der Waals surface area contributed by atoms with Crippen molar-refractivity contribution < 1.29 is 9.90 Å². The number of carboxylic acid groups (broad SMARTS) is 1. The lowest BCUT2D eigenvalue weighted by molar-refractivity contribution is 0.0687. The molecular formula is C11H10N2O2. The van der Waals surface area contributed by atoms with Crippen molar-refractivity contribution in [1.29, 1.82) is 0 Å². The summed E-state index contributed by atoms with van der Waals surface area (Å²) in [7, 11) is 1.72. The molecule has 0 aromatic carbocycles. The van der Waals surface area contributed by atoms with Gasteiger partial charge in [0.15, 0.2) is 0 Å². The van der Waals surface area contributed by atoms with Gasteiger partial charge in [-0.15, -0.1) is 0 Å². The summed E-state index contributed by atoms with van der Waals surface area (Å²) in [6, 6.07) is 8.87. The number of hydrogen-bond acceptors (Lipinski definition) is 2. The zero-order valence-electron chi connectivity index (χ0n) is 8.21. The highest BCUT2D eigenvalue weighted by Crippen LogP contribution is 2.18. The molecule has 0 bridgehead atoms. The Morgan fingerprint density at radius 1 is 1.33 bits per heavy atom. The highest BCUT2D eigenvalue weighted by Gasteiger charge is 2.12. The summed E-state index contributed by atoms with van der Waals surface area (Å²) in [6.45, 7) is 0. The van der Waals surface area contributed by atoms with Crippen molar-refractivity contribution in [3.8, 4) is 11.4 Å². The average molecular weight is 202 g/mol. The monoisotopic (exact) mass is 202 g/mol. The highest BCUT2D eigenvalue weighted by molar-refractivity contribution is 5.87. The molecule has 2 rings (SSSR count). The summed E-state index contributed by atoms with van der Waals surface area (Å²) in [5.41, 5.74) is 1.83. The molecule has 0 aliphatic carbocycles. The lowest BCUT2D eigenvalue weighted by Crippen LogP contribution is -2.05. The van der Waals surface area contributed by atoms with Crippen LogP contribution in [0, 0.1) is 0 Å². The summed E-state index contributed by atoms with van der Waals surface area (Å²) < 4.78 is 1.62. The zero-order valence-corrected chi connectivity index (χ0v) is 8.21. The molecule has 1 N–H and O–H groups in total. The van der Waals surface area contributed by atoms with E-state index in [-0.39, 0.29) is 5.69 Å². The maximum absolute atomic E-state index is 10.8. The molecule has 0 atom stereocenters. The Bertz CT molecular complexity index is 489. The number of rotatable bonds is 2. The predicted molar refractivity (Wildman–Crippen MR) is 55.6 cm³/mol. The van der Waals surface area contributed by atoms with Crippen molar-refractivity contribution >= 4 is 5.97 Å². The number of nitrogens with zero attached hydrogens (tertiary/aromatic N) is 2. The Morgan fingerprint density at radius 2 is 2.13 bits per heavy atom. The smallest absolute Gasteiger partial charge is 0.352 e. The van der Waals surface area contributed by atoms with E-state index < -0.39 is 5.97 Å². The maximum Gasteiger partial charge on any atom is 0.352 e. The minimum Gasteiger partial charge on any atom is -0.477 e. The molecule has 4 nitrogen and oxygen atoms in total. The van der Waals surface area contributed by atoms with Crippen LogP contribution in [0.25, 0.3) is 11.4 Å². The van der Waals surface area contributed by atoms with E-state index in [0.29, 0.717) is 0 Å². The summed E-state index contributed by atoms with van der Waals surface area (Å²) in [5.74, 6) is -0.931. The number of aromatic carboxylic acids is 1. The first-order valence-electron chi connectivity index (χ1n) is 4.50. The first-order valence-corrected chi connectivity index (χ1v) is 4.50. The van der Waals surface area contributed by atoms with Crippen molar-refractivity contribution in [3.05, 3.63) is 42.2 Å². The number of carbonyl (C=O) groups is 1. The van der Waals surface area contributed by atoms with Crippen LogP contribution in [0.5, 0.6) is 0 Å². The van der Waals surface area contributed by atoms with Crippen LogP contribution in [0.1, 0.15) is 10.5 Å². The van der Waals surface area contributed by atoms with E-state index in [0.717, 1.165) is 11.4 Å². The van der Waals surface area contributed by atoms with Crippen LogP contribution in [0.3, 0.4) is 0 Å². The summed E-state index contributed by atoms with van der Waals surface area (Å²) in [6.07, 6.45) is 1.68. The minimum absolute atomic E-state index is 0.260. The molecule has 0 spiro atoms. The molecule has 15 heavy (non-hydrogen) atoms. The number of aromatic nitrogens is 2. The molecule has 2 aromatic heterocycles. The standard InChI is InChI=1S/C11H10N2O2/c1-13-9(5-6-10(13)11(14)15)8-4-2-3-7-12-8/h2-7H,1H3,(H,14,15). The summed E-state index contributed by atoms with van der Waals surface area (Å²) >= 11 is 0. The number of hydrogen-bond donors (Lipinski definition) is 1. The van der Waals surface area contributed by atoms with E-state index in [2.05, 4.69) is 4.98 Å². The van der Waals surface area contributed by atoms with Crippen LogP contribution in [0.15, 0.2) is 36.5 Å². The third-order valence-corrected chi connectivity index (χ3v) is 2.27. The number of carboxylic acids is 1. The van der Waals surface area contributed by atoms with Gasteiger partial charge in [-0.2, -0.15) is 0 Å². The molecule has 0 saturated carbocycles. The Morgan fingerprint density at radius 3 is 2.67 bits per heavy atom. The topological polar surface area (TPSA) is 55.1 Å². The van der Waals surface area contributed by atoms with E-state index in [9.17, 15) is 4.79 Å². The molecule has 0 aliphatic heterocycles. The minimum atomic E-state index is -0.931. The fraction of sp³-hybridized carbons (Fsp3) is 0.0909. The molecule has 0 aliphatic rings. The molecular weight excluding hydrogens is 192 g/mol. The Balaban J connectivity index is 2.52. The van der Waals surface area contributed by atoms with Gasteiger partial charge in [0.25, 0.3) is 0 Å². The Kier molecular flexibility index (Phi) is 2.25. The fourth-order valence-electron chi connectivity index (χ4n) is 1.50. The van der Waals surface area contributed by atoms with Gasteiger partial charge in [-0.1, -0.05) is 6.07 Å². The quantitative estimate of drug-likeness (QED) is 0.807. The second-order valence-electron chi connectivity index (χ2n) is 3.18. The van der Waals surface area contributed by atoms with Crippen LogP contribution < -0.4 is 0 Å². The molecule has 4 heteroatoms. The third-order valence-electron chi connectivity index (χ3n) is 2.27. The summed E-state index contributed by atoms with van der Waals surface area (Å²) in [4.78, 5) is 15.0. The second kappa shape index (κ2) is 3.57. The van der Waals surface area contributed by atoms with E-state index in [1.807, 2.05) is 18.2 Å². The lowest BCUT2D eigenvalue weighted by Gasteiger charge is -2.03. The van der Waals surface area contributed by atoms with Gasteiger partial charge >= 0.3 is 5.97 Å². The highest BCUT2D eigenvalue weighted by atomic mass is 16.4. The van der Waals surface area contributed by atoms with E-state index in [4.69, 9.17) is 5.11 Å². The first-order chi connectivity index (χ1) is 7.20. The Hall–Kier alpha value is -2.10. The molecule has 2 aromatic rings. The molecule has 0 saturated heterocycles. The van der Waals surface area contributed by atoms with Gasteiger partial charge in [-0.25, -0.2) is 4.79 Å². The lowest BCUT2D eigenvalue weighted by atomic mass is 10.3. The molecule has 0 unspecified atom stereocenters. The molecule has 2 heterocycles. The van der Waals surface area contributed by atoms with Gasteiger partial charge in [0.1, 0.15) is 5.69 Å². The van der Waals surface area contributed by atoms with Gasteiger partial charge in [0.05, 0.1) is 11.4 Å². The third kappa shape index (κ3) is 1.61.